The molecular weight excluding hydrogens is 429 g/mol. The maximum Gasteiger partial charge on any atom is 0.312 e. The van der Waals surface area contributed by atoms with Crippen molar-refractivity contribution in [3.8, 4) is 17.2 Å². The zero-order chi connectivity index (χ0) is 21.7. The minimum atomic E-state index is -0.550. The largest absolute Gasteiger partial charge is 0.497 e. The number of hydrogen-bond acceptors (Lipinski definition) is 5. The molecule has 0 atom stereocenters. The van der Waals surface area contributed by atoms with Gasteiger partial charge in [0.2, 0.25) is 5.75 Å². The van der Waals surface area contributed by atoms with Crippen molar-refractivity contribution in [3.63, 3.8) is 0 Å². The minimum absolute atomic E-state index is 0.0755. The molecule has 6 nitrogen and oxygen atoms in total. The maximum atomic E-state index is 12.4. The monoisotopic (exact) mass is 443 g/mol. The van der Waals surface area contributed by atoms with Gasteiger partial charge in [-0.1, -0.05) is 35.3 Å². The van der Waals surface area contributed by atoms with Crippen LogP contribution >= 0.6 is 23.2 Å². The number of methoxy groups -OCH3 is 1. The summed E-state index contributed by atoms with van der Waals surface area (Å²) in [6, 6.07) is 15.6. The Kier molecular flexibility index (Phi) is 6.72. The van der Waals surface area contributed by atoms with Gasteiger partial charge in [0.05, 0.1) is 17.1 Å². The summed E-state index contributed by atoms with van der Waals surface area (Å²) in [4.78, 5) is 23.3. The van der Waals surface area contributed by atoms with Gasteiger partial charge in [0, 0.05) is 16.7 Å². The number of nitro groups is 1. The van der Waals surface area contributed by atoms with Crippen LogP contribution in [0.15, 0.2) is 66.7 Å². The number of halogens is 2. The van der Waals surface area contributed by atoms with E-state index < -0.39 is 4.92 Å². The molecule has 0 aliphatic carbocycles. The van der Waals surface area contributed by atoms with Crippen molar-refractivity contribution in [1.29, 1.82) is 0 Å². The summed E-state index contributed by atoms with van der Waals surface area (Å²) in [5.74, 6) is 0.769. The Labute approximate surface area is 182 Å². The van der Waals surface area contributed by atoms with Crippen LogP contribution in [0.1, 0.15) is 15.9 Å². The fourth-order valence-electron chi connectivity index (χ4n) is 2.59. The highest BCUT2D eigenvalue weighted by Crippen LogP contribution is 2.33. The SMILES string of the molecule is COc1ccc(Oc2ccc(/C=C/C(=O)c3cc(Cl)ccc3Cl)cc2[N+](=O)[O-])cc1. The number of nitrogens with zero attached hydrogens (tertiary/aromatic N) is 1. The van der Waals surface area contributed by atoms with Gasteiger partial charge in [-0.3, -0.25) is 14.9 Å². The van der Waals surface area contributed by atoms with Gasteiger partial charge in [-0.25, -0.2) is 0 Å². The Bertz CT molecular complexity index is 1130. The summed E-state index contributed by atoms with van der Waals surface area (Å²) in [5.41, 5.74) is 0.464. The smallest absolute Gasteiger partial charge is 0.312 e. The first-order valence-electron chi connectivity index (χ1n) is 8.65. The Morgan fingerprint density at radius 3 is 2.37 bits per heavy atom. The van der Waals surface area contributed by atoms with Crippen LogP contribution < -0.4 is 9.47 Å². The van der Waals surface area contributed by atoms with Crippen molar-refractivity contribution in [2.45, 2.75) is 0 Å². The molecule has 3 aromatic carbocycles. The molecule has 0 aromatic heterocycles. The molecule has 0 amide bonds. The highest BCUT2D eigenvalue weighted by Gasteiger charge is 2.17. The Morgan fingerprint density at radius 2 is 1.70 bits per heavy atom. The first kappa shape index (κ1) is 21.4. The Hall–Kier alpha value is -3.35. The molecule has 30 heavy (non-hydrogen) atoms. The predicted molar refractivity (Wildman–Crippen MR) is 116 cm³/mol. The Morgan fingerprint density at radius 1 is 1.00 bits per heavy atom. The second-order valence-electron chi connectivity index (χ2n) is 6.08. The van der Waals surface area contributed by atoms with Crippen LogP contribution in [0.4, 0.5) is 5.69 Å². The summed E-state index contributed by atoms with van der Waals surface area (Å²) in [5, 5.41) is 12.1. The van der Waals surface area contributed by atoms with Crippen molar-refractivity contribution < 1.29 is 19.2 Å². The minimum Gasteiger partial charge on any atom is -0.497 e. The standard InChI is InChI=1S/C22H15Cl2NO5/c1-29-16-5-7-17(8-6-16)30-22-11-3-14(12-20(22)25(27)28)2-10-21(26)18-13-15(23)4-9-19(18)24/h2-13H,1H3/b10-2+. The third-order valence-corrected chi connectivity index (χ3v) is 4.65. The lowest BCUT2D eigenvalue weighted by Gasteiger charge is -2.08. The Balaban J connectivity index is 1.83. The van der Waals surface area contributed by atoms with E-state index in [1.807, 2.05) is 0 Å². The van der Waals surface area contributed by atoms with Crippen LogP contribution in [0.5, 0.6) is 17.2 Å². The van der Waals surface area contributed by atoms with E-state index in [1.54, 1.807) is 36.4 Å². The number of carbonyl (C=O) groups is 1. The molecule has 0 aliphatic rings. The average Bonchev–Trinajstić information content (AvgIpc) is 2.74. The van der Waals surface area contributed by atoms with Crippen LogP contribution in [-0.4, -0.2) is 17.8 Å². The zero-order valence-corrected chi connectivity index (χ0v) is 17.2. The van der Waals surface area contributed by atoms with Crippen LogP contribution in [0.3, 0.4) is 0 Å². The maximum absolute atomic E-state index is 12.4. The van der Waals surface area contributed by atoms with Crippen LogP contribution in [-0.2, 0) is 0 Å². The highest BCUT2D eigenvalue weighted by atomic mass is 35.5. The lowest BCUT2D eigenvalue weighted by molar-refractivity contribution is -0.385. The number of rotatable bonds is 7. The molecule has 0 N–H and O–H groups in total. The zero-order valence-electron chi connectivity index (χ0n) is 15.7. The van der Waals surface area contributed by atoms with E-state index in [-0.39, 0.29) is 27.8 Å². The summed E-state index contributed by atoms with van der Waals surface area (Å²) < 4.78 is 10.7. The molecule has 0 fully saturated rings. The van der Waals surface area contributed by atoms with E-state index >= 15 is 0 Å². The van der Waals surface area contributed by atoms with E-state index in [0.717, 1.165) is 0 Å². The molecule has 3 rings (SSSR count). The van der Waals surface area contributed by atoms with E-state index in [4.69, 9.17) is 32.7 Å². The molecule has 0 unspecified atom stereocenters. The number of ether oxygens (including phenoxy) is 2. The van der Waals surface area contributed by atoms with Crippen LogP contribution in [0.2, 0.25) is 10.0 Å². The van der Waals surface area contributed by atoms with E-state index in [0.29, 0.717) is 22.1 Å². The van der Waals surface area contributed by atoms with Gasteiger partial charge in [-0.05, 0) is 60.2 Å². The van der Waals surface area contributed by atoms with E-state index in [9.17, 15) is 14.9 Å². The number of allylic oxidation sites excluding steroid dienone is 1. The average molecular weight is 444 g/mol. The predicted octanol–water partition coefficient (Wildman–Crippen LogP) is 6.60. The topological polar surface area (TPSA) is 78.7 Å². The van der Waals surface area contributed by atoms with Crippen LogP contribution in [0, 0.1) is 10.1 Å². The molecule has 0 aliphatic heterocycles. The molecule has 0 heterocycles. The molecule has 0 saturated heterocycles. The third kappa shape index (κ3) is 5.17. The van der Waals surface area contributed by atoms with Gasteiger partial charge in [0.25, 0.3) is 0 Å². The van der Waals surface area contributed by atoms with Gasteiger partial charge in [-0.15, -0.1) is 0 Å². The van der Waals surface area contributed by atoms with Crippen LogP contribution in [0.25, 0.3) is 6.08 Å². The number of nitro benzene ring substituents is 1. The van der Waals surface area contributed by atoms with Crippen molar-refractivity contribution in [1.82, 2.24) is 0 Å². The summed E-state index contributed by atoms with van der Waals surface area (Å²) in [6.07, 6.45) is 2.74. The van der Waals surface area contributed by atoms with E-state index in [2.05, 4.69) is 0 Å². The van der Waals surface area contributed by atoms with Gasteiger partial charge < -0.3 is 9.47 Å². The summed E-state index contributed by atoms with van der Waals surface area (Å²) in [7, 11) is 1.54. The lowest BCUT2D eigenvalue weighted by atomic mass is 10.1. The third-order valence-electron chi connectivity index (χ3n) is 4.09. The first-order chi connectivity index (χ1) is 14.4. The van der Waals surface area contributed by atoms with Crippen molar-refractivity contribution in [3.05, 3.63) is 98.0 Å². The normalized spacial score (nSPS) is 10.8. The van der Waals surface area contributed by atoms with Gasteiger partial charge in [0.1, 0.15) is 11.5 Å². The molecule has 3 aromatic rings. The first-order valence-corrected chi connectivity index (χ1v) is 9.41. The van der Waals surface area contributed by atoms with Gasteiger partial charge in [-0.2, -0.15) is 0 Å². The fraction of sp³-hybridized carbons (Fsp3) is 0.0455. The van der Waals surface area contributed by atoms with Gasteiger partial charge in [0.15, 0.2) is 5.78 Å². The number of ketones is 1. The number of carbonyl (C=O) groups excluding carboxylic acids is 1. The number of benzene rings is 3. The highest BCUT2D eigenvalue weighted by molar-refractivity contribution is 6.36. The number of hydrogen-bond donors (Lipinski definition) is 0. The van der Waals surface area contributed by atoms with Crippen molar-refractivity contribution >= 4 is 40.7 Å². The van der Waals surface area contributed by atoms with Crippen molar-refractivity contribution in [2.75, 3.05) is 7.11 Å². The molecular formula is C22H15Cl2NO5. The van der Waals surface area contributed by atoms with Gasteiger partial charge >= 0.3 is 5.69 Å². The molecule has 152 valence electrons. The second-order valence-corrected chi connectivity index (χ2v) is 6.93. The second kappa shape index (κ2) is 9.43. The molecule has 0 bridgehead atoms. The fourth-order valence-corrected chi connectivity index (χ4v) is 2.97. The van der Waals surface area contributed by atoms with E-state index in [1.165, 1.54) is 43.5 Å². The summed E-state index contributed by atoms with van der Waals surface area (Å²) in [6.45, 7) is 0. The summed E-state index contributed by atoms with van der Waals surface area (Å²) >= 11 is 11.9. The molecule has 0 saturated carbocycles. The van der Waals surface area contributed by atoms with Crippen molar-refractivity contribution in [2.24, 2.45) is 0 Å². The quantitative estimate of drug-likeness (QED) is 0.178. The molecule has 0 radical (unpaired) electrons. The molecule has 0 spiro atoms. The lowest BCUT2D eigenvalue weighted by Crippen LogP contribution is -1.96. The molecule has 8 heteroatoms.